The van der Waals surface area contributed by atoms with Gasteiger partial charge in [0.25, 0.3) is 0 Å². The molecule has 0 aliphatic rings. The maximum absolute atomic E-state index is 3.64. The molecule has 0 saturated heterocycles. The fourth-order valence-corrected chi connectivity index (χ4v) is 3.77. The van der Waals surface area contributed by atoms with E-state index < -0.39 is 0 Å². The molecule has 0 N–H and O–H groups in total. The molecule has 0 saturated carbocycles. The van der Waals surface area contributed by atoms with Crippen LogP contribution in [0.15, 0.2) is 120 Å². The molecule has 0 aromatic heterocycles. The molecule has 130 valence electrons. The van der Waals surface area contributed by atoms with Crippen LogP contribution in [0.2, 0.25) is 0 Å². The Balaban J connectivity index is 2.10. The first-order valence-corrected chi connectivity index (χ1v) is 9.79. The molecule has 4 aromatic rings. The monoisotopic (exact) mass is 410 g/mol. The summed E-state index contributed by atoms with van der Waals surface area (Å²) in [7, 11) is 0. The van der Waals surface area contributed by atoms with Crippen LogP contribution in [-0.2, 0) is 0 Å². The highest BCUT2D eigenvalue weighted by Gasteiger charge is 2.15. The molecule has 4 aromatic carbocycles. The second-order valence-corrected chi connectivity index (χ2v) is 7.27. The van der Waals surface area contributed by atoms with Crippen molar-refractivity contribution in [2.24, 2.45) is 0 Å². The highest BCUT2D eigenvalue weighted by Crippen LogP contribution is 2.37. The maximum Gasteiger partial charge on any atom is 0.0181 e. The fourth-order valence-electron chi connectivity index (χ4n) is 3.37. The summed E-state index contributed by atoms with van der Waals surface area (Å²) in [5.74, 6) is 0. The first kappa shape index (κ1) is 17.5. The molecule has 0 nitrogen and oxygen atoms in total. The Morgan fingerprint density at radius 1 is 0.407 bits per heavy atom. The van der Waals surface area contributed by atoms with E-state index in [-0.39, 0.29) is 0 Å². The Hall–Kier alpha value is -2.90. The summed E-state index contributed by atoms with van der Waals surface area (Å²) in [5.41, 5.74) is 7.29. The maximum atomic E-state index is 3.64. The molecule has 0 aliphatic carbocycles. The van der Waals surface area contributed by atoms with Gasteiger partial charge in [-0.15, -0.1) is 0 Å². The largest absolute Gasteiger partial charge is 0.0622 e. The van der Waals surface area contributed by atoms with Crippen molar-refractivity contribution in [3.8, 4) is 0 Å². The van der Waals surface area contributed by atoms with E-state index >= 15 is 0 Å². The zero-order valence-corrected chi connectivity index (χ0v) is 16.4. The van der Waals surface area contributed by atoms with Crippen LogP contribution in [0.25, 0.3) is 11.1 Å². The first-order chi connectivity index (χ1) is 13.3. The fraction of sp³-hybridized carbons (Fsp3) is 0. The lowest BCUT2D eigenvalue weighted by Gasteiger charge is -2.18. The predicted octanol–water partition coefficient (Wildman–Crippen LogP) is 7.46. The van der Waals surface area contributed by atoms with E-state index in [1.807, 2.05) is 0 Å². The van der Waals surface area contributed by atoms with Crippen LogP contribution in [0.1, 0.15) is 22.3 Å². The van der Waals surface area contributed by atoms with Crippen molar-refractivity contribution in [1.29, 1.82) is 0 Å². The Kier molecular flexibility index (Phi) is 5.32. The van der Waals surface area contributed by atoms with Gasteiger partial charge in [-0.3, -0.25) is 0 Å². The van der Waals surface area contributed by atoms with Gasteiger partial charge in [0.2, 0.25) is 0 Å². The van der Waals surface area contributed by atoms with Crippen LogP contribution < -0.4 is 0 Å². The van der Waals surface area contributed by atoms with Gasteiger partial charge in [0, 0.05) is 4.47 Å². The summed E-state index contributed by atoms with van der Waals surface area (Å²) in [4.78, 5) is 0. The third kappa shape index (κ3) is 3.94. The summed E-state index contributed by atoms with van der Waals surface area (Å²) in [6.07, 6.45) is 0. The van der Waals surface area contributed by atoms with E-state index in [0.29, 0.717) is 0 Å². The second-order valence-electron chi connectivity index (χ2n) is 6.36. The minimum atomic E-state index is 1.08. The topological polar surface area (TPSA) is 0 Å². The molecule has 0 spiro atoms. The van der Waals surface area contributed by atoms with Crippen LogP contribution in [0.4, 0.5) is 0 Å². The Morgan fingerprint density at radius 2 is 0.778 bits per heavy atom. The Morgan fingerprint density at radius 3 is 1.19 bits per heavy atom. The number of hydrogen-bond acceptors (Lipinski definition) is 0. The van der Waals surface area contributed by atoms with Gasteiger partial charge in [-0.1, -0.05) is 119 Å². The summed E-state index contributed by atoms with van der Waals surface area (Å²) in [5, 5.41) is 0. The lowest BCUT2D eigenvalue weighted by atomic mass is 9.86. The Bertz CT molecular complexity index is 1010. The summed E-state index contributed by atoms with van der Waals surface area (Å²) < 4.78 is 1.08. The molecule has 0 amide bonds. The van der Waals surface area contributed by atoms with Gasteiger partial charge < -0.3 is 0 Å². The number of rotatable bonds is 4. The number of benzene rings is 4. The van der Waals surface area contributed by atoms with E-state index in [1.54, 1.807) is 0 Å². The molecule has 0 bridgehead atoms. The van der Waals surface area contributed by atoms with Gasteiger partial charge >= 0.3 is 0 Å². The van der Waals surface area contributed by atoms with Crippen molar-refractivity contribution in [1.82, 2.24) is 0 Å². The average molecular weight is 411 g/mol. The molecule has 0 unspecified atom stereocenters. The van der Waals surface area contributed by atoms with E-state index in [1.165, 1.54) is 33.4 Å². The van der Waals surface area contributed by atoms with Gasteiger partial charge in [0.1, 0.15) is 0 Å². The summed E-state index contributed by atoms with van der Waals surface area (Å²) in [6.45, 7) is 0. The molecule has 4 rings (SSSR count). The van der Waals surface area contributed by atoms with Crippen LogP contribution in [0.5, 0.6) is 0 Å². The van der Waals surface area contributed by atoms with Crippen LogP contribution in [0, 0.1) is 0 Å². The van der Waals surface area contributed by atoms with Crippen molar-refractivity contribution in [2.45, 2.75) is 0 Å². The molecule has 1 heteroatoms. The highest BCUT2D eigenvalue weighted by atomic mass is 79.9. The molecular weight excluding hydrogens is 392 g/mol. The zero-order chi connectivity index (χ0) is 18.5. The van der Waals surface area contributed by atoms with Gasteiger partial charge in [-0.25, -0.2) is 0 Å². The summed E-state index contributed by atoms with van der Waals surface area (Å²) in [6, 6.07) is 40.4. The van der Waals surface area contributed by atoms with E-state index in [4.69, 9.17) is 0 Å². The lowest BCUT2D eigenvalue weighted by Crippen LogP contribution is -1.97. The van der Waals surface area contributed by atoms with Gasteiger partial charge in [-0.05, 0) is 45.5 Å². The number of halogens is 1. The molecule has 0 heterocycles. The van der Waals surface area contributed by atoms with Crippen molar-refractivity contribution in [3.05, 3.63) is 142 Å². The van der Waals surface area contributed by atoms with Crippen LogP contribution in [0.3, 0.4) is 0 Å². The summed E-state index contributed by atoms with van der Waals surface area (Å²) >= 11 is 3.64. The zero-order valence-electron chi connectivity index (χ0n) is 14.8. The normalized spacial score (nSPS) is 10.4. The van der Waals surface area contributed by atoms with Crippen LogP contribution in [-0.4, -0.2) is 0 Å². The number of hydrogen-bond donors (Lipinski definition) is 0. The molecular formula is C26H19Br. The first-order valence-electron chi connectivity index (χ1n) is 8.99. The SMILES string of the molecule is Brc1cccc(C(=C(c2ccccc2)c2ccccc2)c2ccccc2)c1. The third-order valence-electron chi connectivity index (χ3n) is 4.55. The molecule has 0 aliphatic heterocycles. The van der Waals surface area contributed by atoms with Gasteiger partial charge in [0.15, 0.2) is 0 Å². The quantitative estimate of drug-likeness (QED) is 0.306. The van der Waals surface area contributed by atoms with Gasteiger partial charge in [-0.2, -0.15) is 0 Å². The predicted molar refractivity (Wildman–Crippen MR) is 118 cm³/mol. The van der Waals surface area contributed by atoms with Crippen molar-refractivity contribution in [3.63, 3.8) is 0 Å². The van der Waals surface area contributed by atoms with Crippen molar-refractivity contribution >= 4 is 27.1 Å². The van der Waals surface area contributed by atoms with Crippen molar-refractivity contribution in [2.75, 3.05) is 0 Å². The average Bonchev–Trinajstić information content (AvgIpc) is 2.74. The molecule has 0 radical (unpaired) electrons. The minimum absolute atomic E-state index is 1.08. The highest BCUT2D eigenvalue weighted by molar-refractivity contribution is 9.10. The van der Waals surface area contributed by atoms with E-state index in [2.05, 4.69) is 131 Å². The van der Waals surface area contributed by atoms with Gasteiger partial charge in [0.05, 0.1) is 0 Å². The second kappa shape index (κ2) is 8.20. The molecule has 0 fully saturated rings. The van der Waals surface area contributed by atoms with E-state index in [9.17, 15) is 0 Å². The third-order valence-corrected chi connectivity index (χ3v) is 5.04. The minimum Gasteiger partial charge on any atom is -0.0622 e. The standard InChI is InChI=1S/C26H19Br/c27-24-18-10-17-23(19-24)26(22-15-8-3-9-16-22)25(20-11-4-1-5-12-20)21-13-6-2-7-14-21/h1-19H. The lowest BCUT2D eigenvalue weighted by molar-refractivity contribution is 1.49. The Labute approximate surface area is 169 Å². The van der Waals surface area contributed by atoms with E-state index in [0.717, 1.165) is 4.47 Å². The molecule has 0 atom stereocenters. The smallest absolute Gasteiger partial charge is 0.0181 e. The van der Waals surface area contributed by atoms with Crippen LogP contribution >= 0.6 is 15.9 Å². The molecule has 27 heavy (non-hydrogen) atoms. The van der Waals surface area contributed by atoms with Crippen molar-refractivity contribution < 1.29 is 0 Å².